The van der Waals surface area contributed by atoms with Gasteiger partial charge in [0.05, 0.1) is 0 Å². The smallest absolute Gasteiger partial charge is 0.251 e. The second-order valence-corrected chi connectivity index (χ2v) is 3.90. The van der Waals surface area contributed by atoms with E-state index in [2.05, 4.69) is 17.9 Å². The van der Waals surface area contributed by atoms with E-state index in [1.807, 2.05) is 0 Å². The molecule has 0 spiro atoms. The number of carbonyl (C=O) groups is 1. The van der Waals surface area contributed by atoms with E-state index in [4.69, 9.17) is 0 Å². The van der Waals surface area contributed by atoms with Crippen molar-refractivity contribution >= 4 is 18.5 Å². The normalized spacial score (nSPS) is 15.3. The lowest BCUT2D eigenvalue weighted by molar-refractivity contribution is 0.0951. The Kier molecular flexibility index (Phi) is 2.46. The van der Waals surface area contributed by atoms with Crippen LogP contribution < -0.4 is 5.32 Å². The summed E-state index contributed by atoms with van der Waals surface area (Å²) in [5, 5.41) is 2.82. The molecule has 1 saturated carbocycles. The number of halogens is 1. The van der Waals surface area contributed by atoms with E-state index in [-0.39, 0.29) is 10.8 Å². The fourth-order valence-corrected chi connectivity index (χ4v) is 1.36. The molecule has 1 aliphatic carbocycles. The van der Waals surface area contributed by atoms with Crippen molar-refractivity contribution in [3.8, 4) is 0 Å². The van der Waals surface area contributed by atoms with E-state index in [1.54, 1.807) is 0 Å². The summed E-state index contributed by atoms with van der Waals surface area (Å²) in [5.41, 5.74) is 0.461. The third-order valence-corrected chi connectivity index (χ3v) is 2.46. The van der Waals surface area contributed by atoms with Crippen LogP contribution >= 0.6 is 12.6 Å². The molecule has 0 heterocycles. The molecular weight excluding hydrogens is 201 g/mol. The Morgan fingerprint density at radius 3 is 2.79 bits per heavy atom. The fourth-order valence-electron chi connectivity index (χ4n) is 1.15. The number of thiol groups is 1. The minimum Gasteiger partial charge on any atom is -0.349 e. The van der Waals surface area contributed by atoms with Gasteiger partial charge in [-0.15, -0.1) is 12.6 Å². The zero-order valence-electron chi connectivity index (χ0n) is 7.46. The SMILES string of the molecule is O=C(NC1CC1)c1ccc(F)c(S)c1. The molecule has 1 aromatic rings. The van der Waals surface area contributed by atoms with E-state index in [1.165, 1.54) is 18.2 Å². The maximum absolute atomic E-state index is 12.8. The highest BCUT2D eigenvalue weighted by Gasteiger charge is 2.23. The Morgan fingerprint density at radius 1 is 1.50 bits per heavy atom. The van der Waals surface area contributed by atoms with Crippen molar-refractivity contribution in [3.05, 3.63) is 29.6 Å². The number of nitrogens with one attached hydrogen (secondary N) is 1. The van der Waals surface area contributed by atoms with Gasteiger partial charge in [0, 0.05) is 16.5 Å². The van der Waals surface area contributed by atoms with Crippen LogP contribution in [-0.2, 0) is 0 Å². The van der Waals surface area contributed by atoms with Crippen molar-refractivity contribution in [2.75, 3.05) is 0 Å². The molecule has 0 unspecified atom stereocenters. The summed E-state index contributed by atoms with van der Waals surface area (Å²) < 4.78 is 12.8. The van der Waals surface area contributed by atoms with Crippen LogP contribution in [0, 0.1) is 5.82 Å². The molecule has 4 heteroatoms. The molecule has 0 bridgehead atoms. The lowest BCUT2D eigenvalue weighted by Gasteiger charge is -2.03. The Bertz CT molecular complexity index is 376. The summed E-state index contributed by atoms with van der Waals surface area (Å²) in [6.07, 6.45) is 2.08. The monoisotopic (exact) mass is 211 g/mol. The van der Waals surface area contributed by atoms with Crippen molar-refractivity contribution < 1.29 is 9.18 Å². The van der Waals surface area contributed by atoms with Crippen LogP contribution in [-0.4, -0.2) is 11.9 Å². The highest BCUT2D eigenvalue weighted by atomic mass is 32.1. The minimum atomic E-state index is -0.406. The molecule has 0 aromatic heterocycles. The second-order valence-electron chi connectivity index (χ2n) is 3.41. The summed E-state index contributed by atoms with van der Waals surface area (Å²) in [5.74, 6) is -0.556. The molecule has 1 fully saturated rings. The van der Waals surface area contributed by atoms with E-state index in [9.17, 15) is 9.18 Å². The molecule has 14 heavy (non-hydrogen) atoms. The third-order valence-electron chi connectivity index (χ3n) is 2.12. The van der Waals surface area contributed by atoms with Gasteiger partial charge in [-0.2, -0.15) is 0 Å². The Balaban J connectivity index is 2.14. The second kappa shape index (κ2) is 3.61. The molecule has 0 atom stereocenters. The van der Waals surface area contributed by atoms with Gasteiger partial charge in [-0.25, -0.2) is 4.39 Å². The first-order valence-electron chi connectivity index (χ1n) is 4.46. The van der Waals surface area contributed by atoms with Gasteiger partial charge in [-0.05, 0) is 31.0 Å². The van der Waals surface area contributed by atoms with Crippen LogP contribution in [0.5, 0.6) is 0 Å². The van der Waals surface area contributed by atoms with Gasteiger partial charge in [-0.1, -0.05) is 0 Å². The third kappa shape index (κ3) is 2.07. The molecule has 74 valence electrons. The average molecular weight is 211 g/mol. The lowest BCUT2D eigenvalue weighted by Crippen LogP contribution is -2.25. The molecule has 0 saturated heterocycles. The maximum Gasteiger partial charge on any atom is 0.251 e. The van der Waals surface area contributed by atoms with Crippen LogP contribution in [0.4, 0.5) is 4.39 Å². The predicted octanol–water partition coefficient (Wildman–Crippen LogP) is 2.01. The van der Waals surface area contributed by atoms with Gasteiger partial charge in [-0.3, -0.25) is 4.79 Å². The zero-order chi connectivity index (χ0) is 10.1. The Morgan fingerprint density at radius 2 is 2.21 bits per heavy atom. The highest BCUT2D eigenvalue weighted by Crippen LogP contribution is 2.20. The Hall–Kier alpha value is -1.03. The maximum atomic E-state index is 12.8. The van der Waals surface area contributed by atoms with Crippen LogP contribution in [0.2, 0.25) is 0 Å². The van der Waals surface area contributed by atoms with Crippen molar-refractivity contribution in [2.24, 2.45) is 0 Å². The van der Waals surface area contributed by atoms with Crippen molar-refractivity contribution in [1.82, 2.24) is 5.32 Å². The van der Waals surface area contributed by atoms with Crippen molar-refractivity contribution in [1.29, 1.82) is 0 Å². The van der Waals surface area contributed by atoms with E-state index >= 15 is 0 Å². The first kappa shape index (κ1) is 9.52. The summed E-state index contributed by atoms with van der Waals surface area (Å²) in [4.78, 5) is 11.7. The number of hydrogen-bond acceptors (Lipinski definition) is 2. The van der Waals surface area contributed by atoms with Gasteiger partial charge in [0.1, 0.15) is 5.82 Å². The van der Waals surface area contributed by atoms with Gasteiger partial charge < -0.3 is 5.32 Å². The van der Waals surface area contributed by atoms with Gasteiger partial charge in [0.15, 0.2) is 0 Å². The Labute approximate surface area is 86.9 Å². The van der Waals surface area contributed by atoms with Crippen LogP contribution in [0.1, 0.15) is 23.2 Å². The predicted molar refractivity (Wildman–Crippen MR) is 54.1 cm³/mol. The van der Waals surface area contributed by atoms with E-state index in [0.29, 0.717) is 11.6 Å². The molecule has 0 radical (unpaired) electrons. The van der Waals surface area contributed by atoms with Crippen molar-refractivity contribution in [3.63, 3.8) is 0 Å². The first-order chi connectivity index (χ1) is 6.66. The van der Waals surface area contributed by atoms with E-state index in [0.717, 1.165) is 12.8 Å². The molecule has 1 aromatic carbocycles. The number of carbonyl (C=O) groups excluding carboxylic acids is 1. The largest absolute Gasteiger partial charge is 0.349 e. The van der Waals surface area contributed by atoms with Crippen LogP contribution in [0.25, 0.3) is 0 Å². The molecule has 2 rings (SSSR count). The minimum absolute atomic E-state index is 0.150. The molecule has 1 N–H and O–H groups in total. The number of amides is 1. The molecule has 1 amide bonds. The van der Waals surface area contributed by atoms with Crippen LogP contribution in [0.3, 0.4) is 0 Å². The average Bonchev–Trinajstić information content (AvgIpc) is 2.93. The highest BCUT2D eigenvalue weighted by molar-refractivity contribution is 7.80. The quantitative estimate of drug-likeness (QED) is 0.720. The van der Waals surface area contributed by atoms with Crippen molar-refractivity contribution in [2.45, 2.75) is 23.8 Å². The number of benzene rings is 1. The number of hydrogen-bond donors (Lipinski definition) is 2. The summed E-state index contributed by atoms with van der Waals surface area (Å²) in [6.45, 7) is 0. The van der Waals surface area contributed by atoms with E-state index < -0.39 is 5.82 Å². The van der Waals surface area contributed by atoms with Gasteiger partial charge >= 0.3 is 0 Å². The summed E-state index contributed by atoms with van der Waals surface area (Å²) in [7, 11) is 0. The number of rotatable bonds is 2. The molecule has 2 nitrogen and oxygen atoms in total. The molecule has 1 aliphatic rings. The van der Waals surface area contributed by atoms with Crippen LogP contribution in [0.15, 0.2) is 23.1 Å². The molecule has 0 aliphatic heterocycles. The summed E-state index contributed by atoms with van der Waals surface area (Å²) >= 11 is 3.91. The lowest BCUT2D eigenvalue weighted by atomic mass is 10.2. The van der Waals surface area contributed by atoms with Gasteiger partial charge in [0.25, 0.3) is 5.91 Å². The molecular formula is C10H10FNOS. The first-order valence-corrected chi connectivity index (χ1v) is 4.91. The fraction of sp³-hybridized carbons (Fsp3) is 0.300. The topological polar surface area (TPSA) is 29.1 Å². The van der Waals surface area contributed by atoms with Gasteiger partial charge in [0.2, 0.25) is 0 Å². The zero-order valence-corrected chi connectivity index (χ0v) is 8.35. The summed E-state index contributed by atoms with van der Waals surface area (Å²) in [6, 6.07) is 4.48. The standard InChI is InChI=1S/C10H10FNOS/c11-8-4-1-6(5-9(8)14)10(13)12-7-2-3-7/h1,4-5,7,14H,2-3H2,(H,12,13).